The Morgan fingerprint density at radius 2 is 1.67 bits per heavy atom. The van der Waals surface area contributed by atoms with Crippen LogP contribution in [0.15, 0.2) is 42.5 Å². The van der Waals surface area contributed by atoms with E-state index in [9.17, 15) is 9.59 Å². The Kier molecular flexibility index (Phi) is 6.95. The van der Waals surface area contributed by atoms with Crippen LogP contribution in [0, 0.1) is 0 Å². The minimum absolute atomic E-state index is 0.0341. The van der Waals surface area contributed by atoms with Crippen molar-refractivity contribution in [3.05, 3.63) is 53.6 Å². The molecule has 0 bridgehead atoms. The average Bonchev–Trinajstić information content (AvgIpc) is 2.78. The SMILES string of the molecule is CCN(C)c1ccc(C(=O)Nc2cc(C(=O)N3CCN(C)CC3)ccc2OC)cc1. The van der Waals surface area contributed by atoms with Crippen LogP contribution in [0.3, 0.4) is 0 Å². The zero-order chi connectivity index (χ0) is 21.7. The highest BCUT2D eigenvalue weighted by atomic mass is 16.5. The number of ether oxygens (including phenoxy) is 1. The first-order valence-corrected chi connectivity index (χ1v) is 10.2. The molecule has 0 saturated carbocycles. The molecule has 1 N–H and O–H groups in total. The van der Waals surface area contributed by atoms with Crippen molar-refractivity contribution in [3.8, 4) is 5.75 Å². The number of anilines is 2. The third kappa shape index (κ3) is 4.91. The fourth-order valence-corrected chi connectivity index (χ4v) is 3.38. The molecule has 7 heteroatoms. The molecule has 1 heterocycles. The number of hydrogen-bond acceptors (Lipinski definition) is 5. The molecule has 1 saturated heterocycles. The van der Waals surface area contributed by atoms with E-state index in [0.717, 1.165) is 25.3 Å². The van der Waals surface area contributed by atoms with Crippen LogP contribution in [-0.4, -0.2) is 75.5 Å². The molecule has 0 spiro atoms. The van der Waals surface area contributed by atoms with Gasteiger partial charge in [-0.25, -0.2) is 0 Å². The van der Waals surface area contributed by atoms with Crippen molar-refractivity contribution in [1.82, 2.24) is 9.80 Å². The molecule has 1 aliphatic rings. The summed E-state index contributed by atoms with van der Waals surface area (Å²) in [6.07, 6.45) is 0. The highest BCUT2D eigenvalue weighted by Crippen LogP contribution is 2.27. The molecule has 2 amide bonds. The van der Waals surface area contributed by atoms with E-state index in [-0.39, 0.29) is 11.8 Å². The number of methoxy groups -OCH3 is 1. The van der Waals surface area contributed by atoms with E-state index in [0.29, 0.717) is 35.7 Å². The number of likely N-dealkylation sites (N-methyl/N-ethyl adjacent to an activating group) is 1. The van der Waals surface area contributed by atoms with Crippen molar-refractivity contribution in [2.75, 3.05) is 64.1 Å². The van der Waals surface area contributed by atoms with E-state index >= 15 is 0 Å². The maximum atomic E-state index is 12.9. The minimum Gasteiger partial charge on any atom is -0.495 e. The normalized spacial score (nSPS) is 14.3. The molecular formula is C23H30N4O3. The van der Waals surface area contributed by atoms with Crippen molar-refractivity contribution in [2.45, 2.75) is 6.92 Å². The van der Waals surface area contributed by atoms with Crippen LogP contribution in [0.2, 0.25) is 0 Å². The van der Waals surface area contributed by atoms with Gasteiger partial charge in [0.2, 0.25) is 0 Å². The molecule has 0 unspecified atom stereocenters. The molecule has 7 nitrogen and oxygen atoms in total. The topological polar surface area (TPSA) is 65.1 Å². The standard InChI is InChI=1S/C23H30N4O3/c1-5-26(3)19-9-6-17(7-10-19)22(28)24-20-16-18(8-11-21(20)30-4)23(29)27-14-12-25(2)13-15-27/h6-11,16H,5,12-15H2,1-4H3,(H,24,28). The van der Waals surface area contributed by atoms with E-state index in [4.69, 9.17) is 4.74 Å². The van der Waals surface area contributed by atoms with E-state index in [1.54, 1.807) is 37.4 Å². The molecule has 0 aromatic heterocycles. The highest BCUT2D eigenvalue weighted by molar-refractivity contribution is 6.06. The fraction of sp³-hybridized carbons (Fsp3) is 0.391. The number of hydrogen-bond donors (Lipinski definition) is 1. The van der Waals surface area contributed by atoms with Crippen LogP contribution in [0.5, 0.6) is 5.75 Å². The summed E-state index contributed by atoms with van der Waals surface area (Å²) >= 11 is 0. The number of carbonyl (C=O) groups is 2. The maximum Gasteiger partial charge on any atom is 0.255 e. The molecule has 2 aromatic carbocycles. The summed E-state index contributed by atoms with van der Waals surface area (Å²) in [5.74, 6) is 0.233. The predicted molar refractivity (Wildman–Crippen MR) is 120 cm³/mol. The molecule has 1 aliphatic heterocycles. The van der Waals surface area contributed by atoms with Crippen LogP contribution in [-0.2, 0) is 0 Å². The second-order valence-electron chi connectivity index (χ2n) is 7.53. The Labute approximate surface area is 178 Å². The van der Waals surface area contributed by atoms with E-state index in [1.807, 2.05) is 24.1 Å². The van der Waals surface area contributed by atoms with Gasteiger partial charge in [0.25, 0.3) is 11.8 Å². The van der Waals surface area contributed by atoms with Gasteiger partial charge in [-0.3, -0.25) is 9.59 Å². The van der Waals surface area contributed by atoms with Gasteiger partial charge in [0.05, 0.1) is 12.8 Å². The summed E-state index contributed by atoms with van der Waals surface area (Å²) in [6.45, 7) is 6.06. The number of nitrogens with one attached hydrogen (secondary N) is 1. The summed E-state index contributed by atoms with van der Waals surface area (Å²) in [7, 11) is 5.60. The van der Waals surface area contributed by atoms with Gasteiger partial charge in [-0.2, -0.15) is 0 Å². The predicted octanol–water partition coefficient (Wildman–Crippen LogP) is 2.79. The minimum atomic E-state index is -0.247. The molecule has 160 valence electrons. The van der Waals surface area contributed by atoms with Gasteiger partial charge in [0.15, 0.2) is 0 Å². The monoisotopic (exact) mass is 410 g/mol. The molecule has 0 aliphatic carbocycles. The fourth-order valence-electron chi connectivity index (χ4n) is 3.38. The quantitative estimate of drug-likeness (QED) is 0.793. The summed E-state index contributed by atoms with van der Waals surface area (Å²) in [6, 6.07) is 12.6. The van der Waals surface area contributed by atoms with E-state index in [1.165, 1.54) is 0 Å². The van der Waals surface area contributed by atoms with Crippen molar-refractivity contribution in [1.29, 1.82) is 0 Å². The first-order chi connectivity index (χ1) is 14.4. The van der Waals surface area contributed by atoms with Gasteiger partial charge in [0.1, 0.15) is 5.75 Å². The van der Waals surface area contributed by atoms with Crippen LogP contribution < -0.4 is 15.0 Å². The Bertz CT molecular complexity index is 890. The lowest BCUT2D eigenvalue weighted by Gasteiger charge is -2.32. The largest absolute Gasteiger partial charge is 0.495 e. The number of piperazine rings is 1. The van der Waals surface area contributed by atoms with Gasteiger partial charge in [-0.1, -0.05) is 0 Å². The van der Waals surface area contributed by atoms with Gasteiger partial charge in [-0.15, -0.1) is 0 Å². The second kappa shape index (κ2) is 9.63. The van der Waals surface area contributed by atoms with E-state index in [2.05, 4.69) is 29.1 Å². The van der Waals surface area contributed by atoms with E-state index < -0.39 is 0 Å². The van der Waals surface area contributed by atoms with Gasteiger partial charge in [0, 0.05) is 56.6 Å². The second-order valence-corrected chi connectivity index (χ2v) is 7.53. The lowest BCUT2D eigenvalue weighted by atomic mass is 10.1. The molecule has 0 radical (unpaired) electrons. The number of amides is 2. The zero-order valence-corrected chi connectivity index (χ0v) is 18.1. The summed E-state index contributed by atoms with van der Waals surface area (Å²) < 4.78 is 5.39. The summed E-state index contributed by atoms with van der Waals surface area (Å²) in [4.78, 5) is 31.8. The zero-order valence-electron chi connectivity index (χ0n) is 18.1. The Morgan fingerprint density at radius 1 is 1.03 bits per heavy atom. The number of nitrogens with zero attached hydrogens (tertiary/aromatic N) is 3. The third-order valence-electron chi connectivity index (χ3n) is 5.53. The number of benzene rings is 2. The third-order valence-corrected chi connectivity index (χ3v) is 5.53. The van der Waals surface area contributed by atoms with Gasteiger partial charge in [-0.05, 0) is 56.4 Å². The number of carbonyl (C=O) groups excluding carboxylic acids is 2. The van der Waals surface area contributed by atoms with Crippen LogP contribution >= 0.6 is 0 Å². The molecule has 2 aromatic rings. The van der Waals surface area contributed by atoms with Crippen molar-refractivity contribution < 1.29 is 14.3 Å². The molecule has 30 heavy (non-hydrogen) atoms. The average molecular weight is 411 g/mol. The van der Waals surface area contributed by atoms with Crippen LogP contribution in [0.25, 0.3) is 0 Å². The van der Waals surface area contributed by atoms with Gasteiger partial charge < -0.3 is 24.8 Å². The van der Waals surface area contributed by atoms with Crippen molar-refractivity contribution in [3.63, 3.8) is 0 Å². The summed E-state index contributed by atoms with van der Waals surface area (Å²) in [5.41, 5.74) is 2.61. The Hall–Kier alpha value is -3.06. The van der Waals surface area contributed by atoms with Gasteiger partial charge >= 0.3 is 0 Å². The maximum absolute atomic E-state index is 12.9. The smallest absolute Gasteiger partial charge is 0.255 e. The lowest BCUT2D eigenvalue weighted by Crippen LogP contribution is -2.47. The highest BCUT2D eigenvalue weighted by Gasteiger charge is 2.21. The molecule has 0 atom stereocenters. The molecule has 3 rings (SSSR count). The molecule has 1 fully saturated rings. The van der Waals surface area contributed by atoms with Crippen LogP contribution in [0.4, 0.5) is 11.4 Å². The Balaban J connectivity index is 1.76. The first kappa shape index (κ1) is 21.6. The summed E-state index contributed by atoms with van der Waals surface area (Å²) in [5, 5.41) is 2.89. The van der Waals surface area contributed by atoms with Crippen LogP contribution in [0.1, 0.15) is 27.6 Å². The Morgan fingerprint density at radius 3 is 2.27 bits per heavy atom. The molecular weight excluding hydrogens is 380 g/mol. The van der Waals surface area contributed by atoms with Crippen molar-refractivity contribution >= 4 is 23.2 Å². The number of rotatable bonds is 6. The lowest BCUT2D eigenvalue weighted by molar-refractivity contribution is 0.0664. The first-order valence-electron chi connectivity index (χ1n) is 10.2. The van der Waals surface area contributed by atoms with Crippen molar-refractivity contribution in [2.24, 2.45) is 0 Å².